The van der Waals surface area contributed by atoms with Crippen molar-refractivity contribution >= 4 is 29.1 Å². The van der Waals surface area contributed by atoms with Gasteiger partial charge in [-0.2, -0.15) is 0 Å². The topological polar surface area (TPSA) is 58.2 Å². The number of amides is 2. The van der Waals surface area contributed by atoms with Crippen molar-refractivity contribution in [2.75, 3.05) is 17.7 Å². The minimum atomic E-state index is -1.68. The summed E-state index contributed by atoms with van der Waals surface area (Å²) in [7, 11) is 0. The second-order valence-electron chi connectivity index (χ2n) is 3.49. The molecule has 0 aromatic heterocycles. The van der Waals surface area contributed by atoms with Crippen LogP contribution in [-0.2, 0) is 9.59 Å². The summed E-state index contributed by atoms with van der Waals surface area (Å²) in [6.45, 7) is -0.422. The molecular weight excluding hydrogens is 285 g/mol. The van der Waals surface area contributed by atoms with Gasteiger partial charge in [0.25, 0.3) is 0 Å². The summed E-state index contributed by atoms with van der Waals surface area (Å²) in [6.07, 6.45) is 0.0361. The first-order chi connectivity index (χ1) is 8.95. The maximum atomic E-state index is 13.2. The van der Waals surface area contributed by atoms with Gasteiger partial charge in [-0.1, -0.05) is 0 Å². The van der Waals surface area contributed by atoms with E-state index in [1.807, 2.05) is 5.32 Å². The zero-order valence-corrected chi connectivity index (χ0v) is 10.4. The second kappa shape index (κ2) is 6.98. The highest BCUT2D eigenvalue weighted by atomic mass is 35.5. The molecular formula is C11H10ClF3N2O2. The van der Waals surface area contributed by atoms with Gasteiger partial charge < -0.3 is 10.6 Å². The van der Waals surface area contributed by atoms with Crippen molar-refractivity contribution in [2.24, 2.45) is 0 Å². The van der Waals surface area contributed by atoms with Crippen LogP contribution in [0.4, 0.5) is 18.9 Å². The number of alkyl halides is 1. The average molecular weight is 295 g/mol. The smallest absolute Gasteiger partial charge is 0.243 e. The highest BCUT2D eigenvalue weighted by Gasteiger charge is 2.15. The van der Waals surface area contributed by atoms with E-state index in [2.05, 4.69) is 5.32 Å². The maximum Gasteiger partial charge on any atom is 0.243 e. The third-order valence-electron chi connectivity index (χ3n) is 2.08. The van der Waals surface area contributed by atoms with Crippen LogP contribution in [0.5, 0.6) is 0 Å². The fraction of sp³-hybridized carbons (Fsp3) is 0.273. The maximum absolute atomic E-state index is 13.2. The molecule has 0 heterocycles. The number of anilines is 1. The highest BCUT2D eigenvalue weighted by Crippen LogP contribution is 2.19. The summed E-state index contributed by atoms with van der Waals surface area (Å²) < 4.78 is 38.7. The van der Waals surface area contributed by atoms with Crippen molar-refractivity contribution in [3.05, 3.63) is 29.6 Å². The molecule has 0 unspecified atom stereocenters. The van der Waals surface area contributed by atoms with Gasteiger partial charge in [-0.3, -0.25) is 9.59 Å². The van der Waals surface area contributed by atoms with Crippen molar-refractivity contribution in [3.8, 4) is 0 Å². The Morgan fingerprint density at radius 1 is 1.11 bits per heavy atom. The van der Waals surface area contributed by atoms with Crippen LogP contribution in [-0.4, -0.2) is 24.2 Å². The molecule has 1 aromatic carbocycles. The molecule has 8 heteroatoms. The van der Waals surface area contributed by atoms with Crippen molar-refractivity contribution in [2.45, 2.75) is 6.42 Å². The third-order valence-corrected chi connectivity index (χ3v) is 2.27. The van der Waals surface area contributed by atoms with Crippen LogP contribution in [0.1, 0.15) is 6.42 Å². The quantitative estimate of drug-likeness (QED) is 0.642. The molecule has 1 rings (SSSR count). The Labute approximate surface area is 111 Å². The van der Waals surface area contributed by atoms with E-state index in [9.17, 15) is 22.8 Å². The predicted molar refractivity (Wildman–Crippen MR) is 63.3 cm³/mol. The number of nitrogens with one attached hydrogen (secondary N) is 2. The zero-order chi connectivity index (χ0) is 14.4. The van der Waals surface area contributed by atoms with Crippen molar-refractivity contribution in [1.29, 1.82) is 0 Å². The Hall–Kier alpha value is -1.76. The van der Waals surface area contributed by atoms with Gasteiger partial charge in [-0.25, -0.2) is 13.2 Å². The van der Waals surface area contributed by atoms with E-state index in [-0.39, 0.29) is 12.3 Å². The SMILES string of the molecule is O=C(CCCl)NCC(=O)Nc1ccc(F)c(F)c1F. The lowest BCUT2D eigenvalue weighted by atomic mass is 10.2. The van der Waals surface area contributed by atoms with Crippen LogP contribution >= 0.6 is 11.6 Å². The van der Waals surface area contributed by atoms with Crippen molar-refractivity contribution in [1.82, 2.24) is 5.32 Å². The highest BCUT2D eigenvalue weighted by molar-refractivity contribution is 6.18. The molecule has 2 N–H and O–H groups in total. The first-order valence-corrected chi connectivity index (χ1v) is 5.75. The predicted octanol–water partition coefficient (Wildman–Crippen LogP) is 1.79. The molecule has 0 aliphatic rings. The van der Waals surface area contributed by atoms with Crippen LogP contribution in [0.25, 0.3) is 0 Å². The van der Waals surface area contributed by atoms with E-state index >= 15 is 0 Å². The molecule has 0 aliphatic heterocycles. The molecule has 0 saturated carbocycles. The number of rotatable bonds is 5. The minimum Gasteiger partial charge on any atom is -0.347 e. The molecule has 4 nitrogen and oxygen atoms in total. The van der Waals surface area contributed by atoms with Crippen molar-refractivity contribution < 1.29 is 22.8 Å². The van der Waals surface area contributed by atoms with Gasteiger partial charge in [-0.05, 0) is 12.1 Å². The molecule has 0 radical (unpaired) electrons. The Bertz CT molecular complexity index is 497. The van der Waals surface area contributed by atoms with Gasteiger partial charge in [0.15, 0.2) is 17.5 Å². The van der Waals surface area contributed by atoms with Gasteiger partial charge in [0.1, 0.15) is 0 Å². The number of hydrogen-bond donors (Lipinski definition) is 2. The first kappa shape index (κ1) is 15.3. The van der Waals surface area contributed by atoms with Crippen LogP contribution in [0.2, 0.25) is 0 Å². The molecule has 0 aliphatic carbocycles. The third kappa shape index (κ3) is 4.44. The van der Waals surface area contributed by atoms with E-state index < -0.39 is 41.5 Å². The lowest BCUT2D eigenvalue weighted by Crippen LogP contribution is -2.33. The Morgan fingerprint density at radius 2 is 1.79 bits per heavy atom. The van der Waals surface area contributed by atoms with Gasteiger partial charge in [0, 0.05) is 12.3 Å². The van der Waals surface area contributed by atoms with E-state index in [0.29, 0.717) is 6.07 Å². The van der Waals surface area contributed by atoms with Crippen LogP contribution in [0.15, 0.2) is 12.1 Å². The molecule has 104 valence electrons. The van der Waals surface area contributed by atoms with Gasteiger partial charge in [-0.15, -0.1) is 11.6 Å². The Morgan fingerprint density at radius 3 is 2.42 bits per heavy atom. The van der Waals surface area contributed by atoms with E-state index in [4.69, 9.17) is 11.6 Å². The Balaban J connectivity index is 2.58. The summed E-state index contributed by atoms with van der Waals surface area (Å²) in [6, 6.07) is 1.56. The van der Waals surface area contributed by atoms with E-state index in [0.717, 1.165) is 6.07 Å². The summed E-state index contributed by atoms with van der Waals surface area (Å²) in [5.74, 6) is -5.65. The van der Waals surface area contributed by atoms with Crippen LogP contribution in [0.3, 0.4) is 0 Å². The monoisotopic (exact) mass is 294 g/mol. The fourth-order valence-electron chi connectivity index (χ4n) is 1.17. The molecule has 0 bridgehead atoms. The number of hydrogen-bond acceptors (Lipinski definition) is 2. The van der Waals surface area contributed by atoms with Gasteiger partial charge in [0.2, 0.25) is 11.8 Å². The molecule has 2 amide bonds. The molecule has 0 fully saturated rings. The minimum absolute atomic E-state index is 0.0361. The number of benzene rings is 1. The fourth-order valence-corrected chi connectivity index (χ4v) is 1.34. The second-order valence-corrected chi connectivity index (χ2v) is 3.86. The lowest BCUT2D eigenvalue weighted by Gasteiger charge is -2.08. The molecule has 0 spiro atoms. The summed E-state index contributed by atoms with van der Waals surface area (Å²) in [4.78, 5) is 22.3. The first-order valence-electron chi connectivity index (χ1n) is 5.21. The van der Waals surface area contributed by atoms with Gasteiger partial charge in [0.05, 0.1) is 12.2 Å². The molecule has 19 heavy (non-hydrogen) atoms. The number of carbonyl (C=O) groups is 2. The van der Waals surface area contributed by atoms with Crippen LogP contribution < -0.4 is 10.6 Å². The Kier molecular flexibility index (Phi) is 5.62. The number of halogens is 4. The standard InChI is InChI=1S/C11H10ClF3N2O2/c12-4-3-8(18)16-5-9(19)17-7-2-1-6(13)10(14)11(7)15/h1-2H,3-5H2,(H,16,18)(H,17,19). The summed E-state index contributed by atoms with van der Waals surface area (Å²) in [5.41, 5.74) is -0.504. The van der Waals surface area contributed by atoms with Gasteiger partial charge >= 0.3 is 0 Å². The zero-order valence-electron chi connectivity index (χ0n) is 9.60. The van der Waals surface area contributed by atoms with E-state index in [1.54, 1.807) is 0 Å². The largest absolute Gasteiger partial charge is 0.347 e. The lowest BCUT2D eigenvalue weighted by molar-refractivity contribution is -0.123. The van der Waals surface area contributed by atoms with E-state index in [1.165, 1.54) is 0 Å². The summed E-state index contributed by atoms with van der Waals surface area (Å²) >= 11 is 5.31. The van der Waals surface area contributed by atoms with Crippen molar-refractivity contribution in [3.63, 3.8) is 0 Å². The normalized spacial score (nSPS) is 10.1. The average Bonchev–Trinajstić information content (AvgIpc) is 2.37. The molecule has 1 aromatic rings. The number of carbonyl (C=O) groups excluding carboxylic acids is 2. The molecule has 0 atom stereocenters. The van der Waals surface area contributed by atoms with Crippen LogP contribution in [0, 0.1) is 17.5 Å². The molecule has 0 saturated heterocycles. The summed E-state index contributed by atoms with van der Waals surface area (Å²) in [5, 5.41) is 4.23.